The summed E-state index contributed by atoms with van der Waals surface area (Å²) in [6, 6.07) is 7.31. The Morgan fingerprint density at radius 1 is 1.20 bits per heavy atom. The molecule has 1 rings (SSSR count). The van der Waals surface area contributed by atoms with Gasteiger partial charge < -0.3 is 19.5 Å². The highest BCUT2D eigenvalue weighted by Crippen LogP contribution is 2.10. The van der Waals surface area contributed by atoms with E-state index >= 15 is 0 Å². The largest absolute Gasteiger partial charge is 0.497 e. The highest BCUT2D eigenvalue weighted by Gasteiger charge is 2.17. The summed E-state index contributed by atoms with van der Waals surface area (Å²) in [5.41, 5.74) is 0.926. The van der Waals surface area contributed by atoms with Crippen LogP contribution in [0.25, 0.3) is 0 Å². The molecule has 1 amide bonds. The van der Waals surface area contributed by atoms with Gasteiger partial charge in [0.05, 0.1) is 7.11 Å². The van der Waals surface area contributed by atoms with Crippen LogP contribution < -0.4 is 10.1 Å². The van der Waals surface area contributed by atoms with E-state index in [4.69, 9.17) is 9.47 Å². The van der Waals surface area contributed by atoms with E-state index in [-0.39, 0.29) is 12.5 Å². The van der Waals surface area contributed by atoms with Gasteiger partial charge in [-0.25, -0.2) is 4.79 Å². The third-order valence-electron chi connectivity index (χ3n) is 2.57. The van der Waals surface area contributed by atoms with Crippen molar-refractivity contribution in [2.45, 2.75) is 19.6 Å². The van der Waals surface area contributed by atoms with Crippen molar-refractivity contribution in [1.29, 1.82) is 0 Å². The first-order valence-corrected chi connectivity index (χ1v) is 6.16. The van der Waals surface area contributed by atoms with Crippen molar-refractivity contribution in [3.8, 4) is 5.75 Å². The van der Waals surface area contributed by atoms with E-state index in [2.05, 4.69) is 10.1 Å². The van der Waals surface area contributed by atoms with Gasteiger partial charge in [-0.3, -0.25) is 4.79 Å². The second-order valence-corrected chi connectivity index (χ2v) is 4.13. The van der Waals surface area contributed by atoms with E-state index < -0.39 is 12.1 Å². The first-order chi connectivity index (χ1) is 9.56. The van der Waals surface area contributed by atoms with Crippen LogP contribution in [0.1, 0.15) is 12.5 Å². The highest BCUT2D eigenvalue weighted by molar-refractivity contribution is 5.83. The highest BCUT2D eigenvalue weighted by atomic mass is 16.6. The number of amides is 1. The van der Waals surface area contributed by atoms with Crippen molar-refractivity contribution in [3.63, 3.8) is 0 Å². The lowest BCUT2D eigenvalue weighted by molar-refractivity contribution is -0.158. The lowest BCUT2D eigenvalue weighted by atomic mass is 10.2. The number of nitrogens with one attached hydrogen (secondary N) is 1. The zero-order chi connectivity index (χ0) is 15.0. The van der Waals surface area contributed by atoms with Crippen LogP contribution in [0.3, 0.4) is 0 Å². The first-order valence-electron chi connectivity index (χ1n) is 6.16. The van der Waals surface area contributed by atoms with Crippen molar-refractivity contribution >= 4 is 11.9 Å². The Kier molecular flexibility index (Phi) is 6.52. The number of carbonyl (C=O) groups is 2. The molecule has 6 nitrogen and oxygen atoms in total. The third kappa shape index (κ3) is 5.27. The van der Waals surface area contributed by atoms with Crippen LogP contribution >= 0.6 is 0 Å². The lowest BCUT2D eigenvalue weighted by Crippen LogP contribution is -2.36. The SMILES string of the molecule is COCC(=O)O[C@@H](C)C(=O)NCc1ccc(OC)cc1. The molecule has 1 N–H and O–H groups in total. The molecular weight excluding hydrogens is 262 g/mol. The van der Waals surface area contributed by atoms with Crippen molar-refractivity contribution in [2.24, 2.45) is 0 Å². The van der Waals surface area contributed by atoms with Crippen LogP contribution in [0.2, 0.25) is 0 Å². The van der Waals surface area contributed by atoms with Gasteiger partial charge in [-0.1, -0.05) is 12.1 Å². The van der Waals surface area contributed by atoms with E-state index in [1.165, 1.54) is 14.0 Å². The zero-order valence-corrected chi connectivity index (χ0v) is 11.8. The molecule has 0 unspecified atom stereocenters. The van der Waals surface area contributed by atoms with Gasteiger partial charge in [0.1, 0.15) is 12.4 Å². The Bertz CT molecular complexity index is 443. The number of methoxy groups -OCH3 is 2. The van der Waals surface area contributed by atoms with Gasteiger partial charge in [-0.05, 0) is 24.6 Å². The predicted octanol–water partition coefficient (Wildman–Crippen LogP) is 0.889. The standard InChI is InChI=1S/C14H19NO5/c1-10(20-13(16)9-18-2)14(17)15-8-11-4-6-12(19-3)7-5-11/h4-7,10H,8-9H2,1-3H3,(H,15,17)/t10-/m0/s1. The molecule has 0 radical (unpaired) electrons. The van der Waals surface area contributed by atoms with Crippen molar-refractivity contribution in [2.75, 3.05) is 20.8 Å². The van der Waals surface area contributed by atoms with E-state index in [0.29, 0.717) is 6.54 Å². The van der Waals surface area contributed by atoms with E-state index in [1.807, 2.05) is 24.3 Å². The molecule has 110 valence electrons. The summed E-state index contributed by atoms with van der Waals surface area (Å²) >= 11 is 0. The molecular formula is C14H19NO5. The van der Waals surface area contributed by atoms with Crippen LogP contribution in [0.5, 0.6) is 5.75 Å². The molecule has 0 aliphatic carbocycles. The molecule has 0 aliphatic rings. The summed E-state index contributed by atoms with van der Waals surface area (Å²) in [5, 5.41) is 2.69. The topological polar surface area (TPSA) is 73.9 Å². The minimum Gasteiger partial charge on any atom is -0.497 e. The fraction of sp³-hybridized carbons (Fsp3) is 0.429. The number of rotatable bonds is 7. The number of hydrogen-bond acceptors (Lipinski definition) is 5. The number of hydrogen-bond donors (Lipinski definition) is 1. The average molecular weight is 281 g/mol. The molecule has 0 aromatic heterocycles. The summed E-state index contributed by atoms with van der Waals surface area (Å²) in [6.45, 7) is 1.70. The zero-order valence-electron chi connectivity index (χ0n) is 11.8. The molecule has 1 atom stereocenters. The summed E-state index contributed by atoms with van der Waals surface area (Å²) in [6.07, 6.45) is -0.851. The summed E-state index contributed by atoms with van der Waals surface area (Å²) < 4.78 is 14.5. The Hall–Kier alpha value is -2.08. The van der Waals surface area contributed by atoms with Gasteiger partial charge in [-0.2, -0.15) is 0 Å². The monoisotopic (exact) mass is 281 g/mol. The molecule has 20 heavy (non-hydrogen) atoms. The van der Waals surface area contributed by atoms with Crippen molar-refractivity contribution < 1.29 is 23.8 Å². The second-order valence-electron chi connectivity index (χ2n) is 4.13. The third-order valence-corrected chi connectivity index (χ3v) is 2.57. The van der Waals surface area contributed by atoms with Gasteiger partial charge >= 0.3 is 5.97 Å². The molecule has 1 aromatic carbocycles. The molecule has 0 saturated carbocycles. The van der Waals surface area contributed by atoms with Gasteiger partial charge in [0.25, 0.3) is 5.91 Å². The van der Waals surface area contributed by atoms with Gasteiger partial charge in [0.15, 0.2) is 6.10 Å². The van der Waals surface area contributed by atoms with Crippen LogP contribution in [-0.4, -0.2) is 38.8 Å². The van der Waals surface area contributed by atoms with Crippen LogP contribution in [-0.2, 0) is 25.6 Å². The van der Waals surface area contributed by atoms with Crippen molar-refractivity contribution in [1.82, 2.24) is 5.32 Å². The fourth-order valence-corrected chi connectivity index (χ4v) is 1.48. The summed E-state index contributed by atoms with van der Waals surface area (Å²) in [7, 11) is 2.97. The van der Waals surface area contributed by atoms with Crippen LogP contribution in [0, 0.1) is 0 Å². The Morgan fingerprint density at radius 2 is 1.85 bits per heavy atom. The Balaban J connectivity index is 2.39. The normalized spacial score (nSPS) is 11.6. The van der Waals surface area contributed by atoms with E-state index in [1.54, 1.807) is 7.11 Å². The van der Waals surface area contributed by atoms with Gasteiger partial charge in [0, 0.05) is 13.7 Å². The predicted molar refractivity (Wildman–Crippen MR) is 72.3 cm³/mol. The average Bonchev–Trinajstić information content (AvgIpc) is 2.45. The van der Waals surface area contributed by atoms with E-state index in [0.717, 1.165) is 11.3 Å². The number of carbonyl (C=O) groups excluding carboxylic acids is 2. The minimum atomic E-state index is -0.851. The molecule has 6 heteroatoms. The summed E-state index contributed by atoms with van der Waals surface area (Å²) in [4.78, 5) is 22.9. The molecule has 0 aliphatic heterocycles. The van der Waals surface area contributed by atoms with Gasteiger partial charge in [-0.15, -0.1) is 0 Å². The van der Waals surface area contributed by atoms with E-state index in [9.17, 15) is 9.59 Å². The maximum atomic E-state index is 11.7. The molecule has 1 aromatic rings. The molecule has 0 fully saturated rings. The first kappa shape index (κ1) is 16.0. The molecule has 0 bridgehead atoms. The number of ether oxygens (including phenoxy) is 3. The maximum Gasteiger partial charge on any atom is 0.332 e. The minimum absolute atomic E-state index is 0.171. The molecule has 0 spiro atoms. The molecule has 0 heterocycles. The fourth-order valence-electron chi connectivity index (χ4n) is 1.48. The van der Waals surface area contributed by atoms with Crippen molar-refractivity contribution in [3.05, 3.63) is 29.8 Å². The number of esters is 1. The lowest BCUT2D eigenvalue weighted by Gasteiger charge is -2.13. The summed E-state index contributed by atoms with van der Waals surface area (Å²) in [5.74, 6) is -0.174. The maximum absolute atomic E-state index is 11.7. The molecule has 0 saturated heterocycles. The van der Waals surface area contributed by atoms with Crippen LogP contribution in [0.15, 0.2) is 24.3 Å². The smallest absolute Gasteiger partial charge is 0.332 e. The van der Waals surface area contributed by atoms with Gasteiger partial charge in [0.2, 0.25) is 0 Å². The van der Waals surface area contributed by atoms with Crippen LogP contribution in [0.4, 0.5) is 0 Å². The Labute approximate surface area is 118 Å². The number of benzene rings is 1. The Morgan fingerprint density at radius 3 is 2.40 bits per heavy atom. The second kappa shape index (κ2) is 8.16. The quantitative estimate of drug-likeness (QED) is 0.751.